The number of ether oxygens (including phenoxy) is 3. The standard InChI is InChI=1S/C22H20ClN3O4/c1-28-19-11-15(12-20(29-2)21(19)30-3)17-13-18(26-25-17)22(27)24-10-6-8-14-7-4-5-9-16(14)23/h4-5,7,9,11-13H,10H2,1-3H3,(H,24,27)(H,25,26). The molecule has 2 N–H and O–H groups in total. The van der Waals surface area contributed by atoms with Crippen molar-refractivity contribution >= 4 is 17.5 Å². The van der Waals surface area contributed by atoms with Gasteiger partial charge in [0.15, 0.2) is 11.5 Å². The van der Waals surface area contributed by atoms with E-state index in [0.717, 1.165) is 0 Å². The third-order valence-corrected chi connectivity index (χ3v) is 4.55. The summed E-state index contributed by atoms with van der Waals surface area (Å²) in [7, 11) is 4.61. The molecule has 30 heavy (non-hydrogen) atoms. The Kier molecular flexibility index (Phi) is 6.83. The lowest BCUT2D eigenvalue weighted by Gasteiger charge is -2.13. The zero-order valence-electron chi connectivity index (χ0n) is 16.7. The number of nitrogens with zero attached hydrogens (tertiary/aromatic N) is 1. The molecule has 0 aliphatic heterocycles. The summed E-state index contributed by atoms with van der Waals surface area (Å²) in [4.78, 5) is 12.4. The van der Waals surface area contributed by atoms with E-state index in [2.05, 4.69) is 27.4 Å². The van der Waals surface area contributed by atoms with Crippen LogP contribution in [0.2, 0.25) is 5.02 Å². The van der Waals surface area contributed by atoms with Gasteiger partial charge in [-0.25, -0.2) is 0 Å². The van der Waals surface area contributed by atoms with E-state index >= 15 is 0 Å². The highest BCUT2D eigenvalue weighted by molar-refractivity contribution is 6.31. The topological polar surface area (TPSA) is 85.5 Å². The molecule has 3 aromatic rings. The normalized spacial score (nSPS) is 10.0. The summed E-state index contributed by atoms with van der Waals surface area (Å²) >= 11 is 6.06. The average molecular weight is 426 g/mol. The second-order valence-corrected chi connectivity index (χ2v) is 6.45. The number of benzene rings is 2. The molecule has 8 heteroatoms. The highest BCUT2D eigenvalue weighted by atomic mass is 35.5. The van der Waals surface area contributed by atoms with E-state index in [1.807, 2.05) is 18.2 Å². The number of amides is 1. The smallest absolute Gasteiger partial charge is 0.270 e. The molecule has 0 unspecified atom stereocenters. The van der Waals surface area contributed by atoms with E-state index in [1.54, 1.807) is 24.3 Å². The third-order valence-electron chi connectivity index (χ3n) is 4.22. The van der Waals surface area contributed by atoms with Crippen LogP contribution in [0.5, 0.6) is 17.2 Å². The lowest BCUT2D eigenvalue weighted by atomic mass is 10.1. The van der Waals surface area contributed by atoms with Crippen LogP contribution in [-0.4, -0.2) is 44.0 Å². The van der Waals surface area contributed by atoms with E-state index in [-0.39, 0.29) is 12.5 Å². The minimum Gasteiger partial charge on any atom is -0.493 e. The van der Waals surface area contributed by atoms with Crippen molar-refractivity contribution in [2.75, 3.05) is 27.9 Å². The van der Waals surface area contributed by atoms with Gasteiger partial charge in [-0.15, -0.1) is 0 Å². The predicted octanol–water partition coefficient (Wildman–Crippen LogP) is 3.54. The Morgan fingerprint density at radius 3 is 2.43 bits per heavy atom. The lowest BCUT2D eigenvalue weighted by Crippen LogP contribution is -2.23. The maximum Gasteiger partial charge on any atom is 0.270 e. The van der Waals surface area contributed by atoms with Gasteiger partial charge in [-0.3, -0.25) is 9.89 Å². The van der Waals surface area contributed by atoms with Crippen molar-refractivity contribution in [2.45, 2.75) is 0 Å². The second kappa shape index (κ2) is 9.72. The minimum absolute atomic E-state index is 0.169. The Morgan fingerprint density at radius 1 is 1.10 bits per heavy atom. The van der Waals surface area contributed by atoms with Gasteiger partial charge in [-0.1, -0.05) is 35.6 Å². The Hall–Kier alpha value is -3.63. The number of carbonyl (C=O) groups is 1. The van der Waals surface area contributed by atoms with E-state index in [0.29, 0.717) is 44.8 Å². The summed E-state index contributed by atoms with van der Waals surface area (Å²) in [5.41, 5.74) is 2.28. The molecule has 0 bridgehead atoms. The molecule has 7 nitrogen and oxygen atoms in total. The van der Waals surface area contributed by atoms with Crippen molar-refractivity contribution in [2.24, 2.45) is 0 Å². The Bertz CT molecular complexity index is 1090. The van der Waals surface area contributed by atoms with Gasteiger partial charge >= 0.3 is 0 Å². The Balaban J connectivity index is 1.72. The van der Waals surface area contributed by atoms with Gasteiger partial charge in [0.25, 0.3) is 5.91 Å². The van der Waals surface area contributed by atoms with Crippen LogP contribution in [0.1, 0.15) is 16.1 Å². The van der Waals surface area contributed by atoms with Gasteiger partial charge in [0.1, 0.15) is 5.69 Å². The number of H-pyrrole nitrogens is 1. The van der Waals surface area contributed by atoms with Crippen LogP contribution in [0.15, 0.2) is 42.5 Å². The zero-order chi connectivity index (χ0) is 21.5. The molecule has 1 aromatic heterocycles. The maximum atomic E-state index is 12.4. The molecule has 1 amide bonds. The first kappa shape index (κ1) is 21.1. The predicted molar refractivity (Wildman–Crippen MR) is 114 cm³/mol. The molecule has 0 atom stereocenters. The van der Waals surface area contributed by atoms with Gasteiger partial charge in [0.2, 0.25) is 5.75 Å². The van der Waals surface area contributed by atoms with Gasteiger partial charge in [0.05, 0.1) is 38.6 Å². The molecular formula is C22H20ClN3O4. The van der Waals surface area contributed by atoms with Crippen LogP contribution in [0.4, 0.5) is 0 Å². The van der Waals surface area contributed by atoms with Crippen LogP contribution >= 0.6 is 11.6 Å². The monoisotopic (exact) mass is 425 g/mol. The largest absolute Gasteiger partial charge is 0.493 e. The van der Waals surface area contributed by atoms with Gasteiger partial charge in [-0.05, 0) is 30.3 Å². The molecule has 0 fully saturated rings. The van der Waals surface area contributed by atoms with Gasteiger partial charge < -0.3 is 19.5 Å². The molecule has 0 saturated carbocycles. The van der Waals surface area contributed by atoms with E-state index in [1.165, 1.54) is 21.3 Å². The fraction of sp³-hybridized carbons (Fsp3) is 0.182. The van der Waals surface area contributed by atoms with Gasteiger partial charge in [-0.2, -0.15) is 5.10 Å². The molecule has 0 saturated heterocycles. The van der Waals surface area contributed by atoms with Crippen LogP contribution in [0, 0.1) is 11.8 Å². The molecule has 0 radical (unpaired) electrons. The molecule has 0 spiro atoms. The second-order valence-electron chi connectivity index (χ2n) is 6.05. The molecule has 154 valence electrons. The molecular weight excluding hydrogens is 406 g/mol. The van der Waals surface area contributed by atoms with Crippen LogP contribution in [0.25, 0.3) is 11.3 Å². The van der Waals surface area contributed by atoms with Crippen LogP contribution < -0.4 is 19.5 Å². The molecule has 3 rings (SSSR count). The van der Waals surface area contributed by atoms with Gasteiger partial charge in [0, 0.05) is 11.1 Å². The van der Waals surface area contributed by atoms with Crippen LogP contribution in [0.3, 0.4) is 0 Å². The summed E-state index contributed by atoms with van der Waals surface area (Å²) in [5, 5.41) is 10.2. The summed E-state index contributed by atoms with van der Waals surface area (Å²) in [6, 6.07) is 12.4. The van der Waals surface area contributed by atoms with Crippen molar-refractivity contribution < 1.29 is 19.0 Å². The van der Waals surface area contributed by atoms with Crippen molar-refractivity contribution in [1.29, 1.82) is 0 Å². The van der Waals surface area contributed by atoms with Crippen molar-refractivity contribution in [3.05, 3.63) is 58.7 Å². The number of halogens is 1. The number of carbonyl (C=O) groups excluding carboxylic acids is 1. The number of aromatic amines is 1. The zero-order valence-corrected chi connectivity index (χ0v) is 17.5. The first-order chi connectivity index (χ1) is 14.6. The van der Waals surface area contributed by atoms with Crippen molar-refractivity contribution in [1.82, 2.24) is 15.5 Å². The van der Waals surface area contributed by atoms with E-state index in [9.17, 15) is 4.79 Å². The summed E-state index contributed by atoms with van der Waals surface area (Å²) in [6.07, 6.45) is 0. The molecule has 2 aromatic carbocycles. The molecule has 1 heterocycles. The number of nitrogens with one attached hydrogen (secondary N) is 2. The number of aromatic nitrogens is 2. The lowest BCUT2D eigenvalue weighted by molar-refractivity contribution is 0.0953. The fourth-order valence-corrected chi connectivity index (χ4v) is 2.92. The number of methoxy groups -OCH3 is 3. The van der Waals surface area contributed by atoms with Crippen LogP contribution in [-0.2, 0) is 0 Å². The molecule has 0 aliphatic rings. The quantitative estimate of drug-likeness (QED) is 0.590. The fourth-order valence-electron chi connectivity index (χ4n) is 2.74. The minimum atomic E-state index is -0.324. The highest BCUT2D eigenvalue weighted by Crippen LogP contribution is 2.40. The maximum absolute atomic E-state index is 12.4. The summed E-state index contributed by atoms with van der Waals surface area (Å²) in [5.74, 6) is 6.95. The van der Waals surface area contributed by atoms with Crippen molar-refractivity contribution in [3.63, 3.8) is 0 Å². The first-order valence-corrected chi connectivity index (χ1v) is 9.32. The number of hydrogen-bond acceptors (Lipinski definition) is 5. The first-order valence-electron chi connectivity index (χ1n) is 8.94. The Morgan fingerprint density at radius 2 is 1.80 bits per heavy atom. The average Bonchev–Trinajstić information content (AvgIpc) is 3.27. The van der Waals surface area contributed by atoms with E-state index in [4.69, 9.17) is 25.8 Å². The number of rotatable bonds is 6. The third kappa shape index (κ3) is 4.67. The summed E-state index contributed by atoms with van der Waals surface area (Å²) in [6.45, 7) is 0.169. The van der Waals surface area contributed by atoms with E-state index < -0.39 is 0 Å². The van der Waals surface area contributed by atoms with Crippen molar-refractivity contribution in [3.8, 4) is 40.3 Å². The SMILES string of the molecule is COc1cc(-c2cc(C(=O)NCC#Cc3ccccc3Cl)[nH]n2)cc(OC)c1OC. The summed E-state index contributed by atoms with van der Waals surface area (Å²) < 4.78 is 16.0. The molecule has 0 aliphatic carbocycles. The highest BCUT2D eigenvalue weighted by Gasteiger charge is 2.17. The Labute approximate surface area is 179 Å². The number of hydrogen-bond donors (Lipinski definition) is 2.